The van der Waals surface area contributed by atoms with E-state index in [1.54, 1.807) is 6.92 Å². The molecule has 1 aromatic carbocycles. The number of carbonyl (C=O) groups excluding carboxylic acids is 1. The van der Waals surface area contributed by atoms with Crippen LogP contribution in [0.15, 0.2) is 41.8 Å². The maximum atomic E-state index is 13.4. The molecular formula is C21H24ClFN4O3S. The molecule has 1 aromatic heterocycles. The van der Waals surface area contributed by atoms with Crippen molar-refractivity contribution in [2.75, 3.05) is 10.3 Å². The van der Waals surface area contributed by atoms with Crippen molar-refractivity contribution in [1.82, 2.24) is 5.32 Å². The molecule has 166 valence electrons. The summed E-state index contributed by atoms with van der Waals surface area (Å²) in [6.45, 7) is 13.3. The average Bonchev–Trinajstić information content (AvgIpc) is 2.94. The largest absolute Gasteiger partial charge is 0.477 e. The number of nitrogens with one attached hydrogen (secondary N) is 2. The fourth-order valence-corrected chi connectivity index (χ4v) is 3.50. The Balaban J connectivity index is 2.27. The Bertz CT molecular complexity index is 1040. The van der Waals surface area contributed by atoms with Gasteiger partial charge in [-0.1, -0.05) is 39.0 Å². The van der Waals surface area contributed by atoms with Crippen molar-refractivity contribution in [3.8, 4) is 0 Å². The first-order valence-corrected chi connectivity index (χ1v) is 10.4. The summed E-state index contributed by atoms with van der Waals surface area (Å²) in [6.07, 6.45) is 0. The lowest BCUT2D eigenvalue weighted by Gasteiger charge is -2.26. The van der Waals surface area contributed by atoms with Gasteiger partial charge in [0.1, 0.15) is 21.5 Å². The maximum Gasteiger partial charge on any atom is 0.347 e. The third-order valence-corrected chi connectivity index (χ3v) is 6.19. The number of urea groups is 1. The first-order valence-electron chi connectivity index (χ1n) is 9.21. The molecule has 0 aliphatic rings. The molecule has 0 spiro atoms. The molecule has 0 radical (unpaired) electrons. The molecule has 2 amide bonds. The van der Waals surface area contributed by atoms with E-state index in [0.29, 0.717) is 16.3 Å². The van der Waals surface area contributed by atoms with Gasteiger partial charge >= 0.3 is 12.0 Å². The molecule has 2 rings (SSSR count). The Kier molecular flexibility index (Phi) is 7.45. The lowest BCUT2D eigenvalue weighted by molar-refractivity contribution is 0.0702. The molecule has 2 aromatic rings. The Morgan fingerprint density at radius 2 is 1.84 bits per heavy atom. The average molecular weight is 467 g/mol. The molecule has 0 aliphatic heterocycles. The van der Waals surface area contributed by atoms with Crippen LogP contribution in [0.5, 0.6) is 0 Å². The number of carboxylic acid groups (broad SMARTS) is 1. The Morgan fingerprint density at radius 3 is 2.32 bits per heavy atom. The van der Waals surface area contributed by atoms with Crippen LogP contribution in [-0.2, 0) is 0 Å². The van der Waals surface area contributed by atoms with E-state index in [1.807, 2.05) is 27.7 Å². The Morgan fingerprint density at radius 1 is 1.26 bits per heavy atom. The van der Waals surface area contributed by atoms with Gasteiger partial charge < -0.3 is 5.11 Å². The number of hydrazone groups is 1. The van der Waals surface area contributed by atoms with Crippen LogP contribution >= 0.6 is 22.9 Å². The Labute approximate surface area is 189 Å². The molecule has 0 saturated carbocycles. The number of carbonyl (C=O) groups is 2. The third kappa shape index (κ3) is 6.05. The molecule has 0 atom stereocenters. The molecule has 0 fully saturated rings. The minimum absolute atomic E-state index is 0.0633. The van der Waals surface area contributed by atoms with Gasteiger partial charge in [0.05, 0.1) is 10.7 Å². The zero-order chi connectivity index (χ0) is 23.5. The number of amides is 2. The van der Waals surface area contributed by atoms with Gasteiger partial charge in [0, 0.05) is 16.7 Å². The van der Waals surface area contributed by atoms with Gasteiger partial charge in [0.15, 0.2) is 0 Å². The molecule has 1 heterocycles. The molecule has 0 saturated heterocycles. The van der Waals surface area contributed by atoms with Crippen molar-refractivity contribution < 1.29 is 19.1 Å². The number of hydrogen-bond donors (Lipinski definition) is 3. The molecule has 3 N–H and O–H groups in total. The quantitative estimate of drug-likeness (QED) is 0.356. The van der Waals surface area contributed by atoms with Crippen LogP contribution in [0.1, 0.15) is 42.9 Å². The smallest absolute Gasteiger partial charge is 0.347 e. The predicted molar refractivity (Wildman–Crippen MR) is 124 cm³/mol. The number of thiophene rings is 1. The number of carboxylic acids is 1. The summed E-state index contributed by atoms with van der Waals surface area (Å²) in [5.74, 6) is -1.47. The van der Waals surface area contributed by atoms with Crippen LogP contribution in [-0.4, -0.2) is 22.8 Å². The van der Waals surface area contributed by atoms with Crippen LogP contribution in [0.3, 0.4) is 0 Å². The second-order valence-electron chi connectivity index (χ2n) is 7.75. The van der Waals surface area contributed by atoms with E-state index in [2.05, 4.69) is 22.3 Å². The van der Waals surface area contributed by atoms with E-state index in [1.165, 1.54) is 29.3 Å². The summed E-state index contributed by atoms with van der Waals surface area (Å²) in [5.41, 5.74) is 1.45. The van der Waals surface area contributed by atoms with E-state index < -0.39 is 17.8 Å². The van der Waals surface area contributed by atoms with Crippen LogP contribution in [0.25, 0.3) is 0 Å². The van der Waals surface area contributed by atoms with Crippen molar-refractivity contribution in [3.63, 3.8) is 0 Å². The van der Waals surface area contributed by atoms with Crippen molar-refractivity contribution >= 4 is 51.3 Å². The first-order chi connectivity index (χ1) is 14.3. The minimum Gasteiger partial charge on any atom is -0.477 e. The first kappa shape index (κ1) is 24.4. The molecule has 10 heteroatoms. The lowest BCUT2D eigenvalue weighted by Crippen LogP contribution is -2.36. The van der Waals surface area contributed by atoms with Crippen LogP contribution in [0, 0.1) is 18.2 Å². The second kappa shape index (κ2) is 9.49. The maximum absolute atomic E-state index is 13.4. The predicted octanol–water partition coefficient (Wildman–Crippen LogP) is 6.07. The van der Waals surface area contributed by atoms with E-state index in [9.17, 15) is 19.1 Å². The number of halogens is 2. The highest BCUT2D eigenvalue weighted by Gasteiger charge is 2.22. The number of benzene rings is 1. The highest BCUT2D eigenvalue weighted by atomic mass is 35.5. The number of nitrogens with zero attached hydrogens (tertiary/aromatic N) is 2. The molecule has 0 aliphatic carbocycles. The topological polar surface area (TPSA) is 94.0 Å². The standard InChI is InChI=1S/C21H24ClFN4O3S/c1-11-16(22)17(19(28)29)31-18(11)25-20(30)24-13(3)27(26-12(2)21(4,5)6)15-9-7-14(23)8-10-15/h7-10H,3H2,1-2,4-6H3,(H,28,29)(H2,24,25,30)/b26-12+. The van der Waals surface area contributed by atoms with E-state index in [-0.39, 0.29) is 21.1 Å². The number of hydrogen-bond acceptors (Lipinski definition) is 5. The normalized spacial score (nSPS) is 11.8. The summed E-state index contributed by atoms with van der Waals surface area (Å²) < 4.78 is 13.4. The van der Waals surface area contributed by atoms with Gasteiger partial charge in [-0.3, -0.25) is 10.6 Å². The molecular weight excluding hydrogens is 443 g/mol. The second-order valence-corrected chi connectivity index (χ2v) is 9.15. The third-order valence-electron chi connectivity index (χ3n) is 4.41. The van der Waals surface area contributed by atoms with Gasteiger partial charge in [-0.05, 0) is 38.1 Å². The Hall–Kier alpha value is -2.91. The highest BCUT2D eigenvalue weighted by molar-refractivity contribution is 7.19. The van der Waals surface area contributed by atoms with Gasteiger partial charge in [-0.25, -0.2) is 19.0 Å². The van der Waals surface area contributed by atoms with Gasteiger partial charge in [-0.15, -0.1) is 11.3 Å². The van der Waals surface area contributed by atoms with Crippen molar-refractivity contribution in [1.29, 1.82) is 0 Å². The summed E-state index contributed by atoms with van der Waals surface area (Å²) in [7, 11) is 0. The summed E-state index contributed by atoms with van der Waals surface area (Å²) in [4.78, 5) is 23.7. The van der Waals surface area contributed by atoms with Crippen LogP contribution < -0.4 is 15.6 Å². The van der Waals surface area contributed by atoms with Gasteiger partial charge in [0.2, 0.25) is 0 Å². The molecule has 0 unspecified atom stereocenters. The van der Waals surface area contributed by atoms with E-state index in [4.69, 9.17) is 11.6 Å². The zero-order valence-corrected chi connectivity index (χ0v) is 19.4. The SMILES string of the molecule is C=C(NC(=O)Nc1sc(C(=O)O)c(Cl)c1C)N(/N=C(\C)C(C)(C)C)c1ccc(F)cc1. The summed E-state index contributed by atoms with van der Waals surface area (Å²) in [6, 6.07) is 4.94. The monoisotopic (exact) mass is 466 g/mol. The fraction of sp³-hybridized carbons (Fsp3) is 0.286. The zero-order valence-electron chi connectivity index (χ0n) is 17.8. The number of aromatic carboxylic acids is 1. The van der Waals surface area contributed by atoms with Gasteiger partial charge in [-0.2, -0.15) is 5.10 Å². The number of anilines is 2. The summed E-state index contributed by atoms with van der Waals surface area (Å²) >= 11 is 6.88. The van der Waals surface area contributed by atoms with Crippen LogP contribution in [0.2, 0.25) is 5.02 Å². The van der Waals surface area contributed by atoms with E-state index >= 15 is 0 Å². The van der Waals surface area contributed by atoms with E-state index in [0.717, 1.165) is 17.0 Å². The molecule has 31 heavy (non-hydrogen) atoms. The lowest BCUT2D eigenvalue weighted by atomic mass is 9.91. The van der Waals surface area contributed by atoms with Crippen molar-refractivity contribution in [2.45, 2.75) is 34.6 Å². The molecule has 0 bridgehead atoms. The van der Waals surface area contributed by atoms with Crippen LogP contribution in [0.4, 0.5) is 19.9 Å². The minimum atomic E-state index is -1.18. The number of rotatable bonds is 6. The van der Waals surface area contributed by atoms with Crippen molar-refractivity contribution in [3.05, 3.63) is 57.9 Å². The van der Waals surface area contributed by atoms with Gasteiger partial charge in [0.25, 0.3) is 0 Å². The highest BCUT2D eigenvalue weighted by Crippen LogP contribution is 2.36. The van der Waals surface area contributed by atoms with Crippen molar-refractivity contribution in [2.24, 2.45) is 10.5 Å². The summed E-state index contributed by atoms with van der Waals surface area (Å²) in [5, 5.41) is 20.7. The molecule has 7 nitrogen and oxygen atoms in total. The fourth-order valence-electron chi connectivity index (χ4n) is 2.22.